The minimum Gasteiger partial charge on any atom is -0.449 e. The summed E-state index contributed by atoms with van der Waals surface area (Å²) < 4.78 is 5.62. The van der Waals surface area contributed by atoms with E-state index in [1.54, 1.807) is 12.2 Å². The van der Waals surface area contributed by atoms with E-state index >= 15 is 0 Å². The van der Waals surface area contributed by atoms with Gasteiger partial charge in [0.25, 0.3) is 0 Å². The number of hydrogen-bond donors (Lipinski definition) is 1. The highest BCUT2D eigenvalue weighted by atomic mass is 16.6. The first-order chi connectivity index (χ1) is 14.2. The Morgan fingerprint density at radius 3 is 2.79 bits per heavy atom. The molecule has 3 aliphatic rings. The number of piperidine rings is 1. The molecule has 5 nitrogen and oxygen atoms in total. The Kier molecular flexibility index (Phi) is 6.05. The maximum atomic E-state index is 12.8. The number of amides is 1. The van der Waals surface area contributed by atoms with Gasteiger partial charge in [-0.1, -0.05) is 37.5 Å². The first-order valence-corrected chi connectivity index (χ1v) is 10.7. The van der Waals surface area contributed by atoms with Gasteiger partial charge in [0.1, 0.15) is 0 Å². The van der Waals surface area contributed by atoms with Gasteiger partial charge in [-0.3, -0.25) is 0 Å². The number of ether oxygens (including phenoxy) is 1. The fourth-order valence-electron chi connectivity index (χ4n) is 4.85. The third-order valence-corrected chi connectivity index (χ3v) is 6.40. The molecule has 2 aliphatic heterocycles. The van der Waals surface area contributed by atoms with E-state index in [0.717, 1.165) is 51.1 Å². The first kappa shape index (κ1) is 19.8. The Morgan fingerprint density at radius 2 is 2.03 bits per heavy atom. The molecule has 0 aromatic heterocycles. The molecule has 2 heterocycles. The van der Waals surface area contributed by atoms with E-state index in [4.69, 9.17) is 4.74 Å². The summed E-state index contributed by atoms with van der Waals surface area (Å²) in [5.74, 6) is 0.569. The Bertz CT molecular complexity index is 810. The molecule has 0 radical (unpaired) electrons. The second-order valence-electron chi connectivity index (χ2n) is 8.03. The number of piperazine rings is 1. The smallest absolute Gasteiger partial charge is 0.410 e. The molecule has 2 bridgehead atoms. The predicted molar refractivity (Wildman–Crippen MR) is 117 cm³/mol. The van der Waals surface area contributed by atoms with Crippen molar-refractivity contribution >= 4 is 11.8 Å². The van der Waals surface area contributed by atoms with Gasteiger partial charge in [-0.2, -0.15) is 0 Å². The zero-order valence-corrected chi connectivity index (χ0v) is 17.1. The summed E-state index contributed by atoms with van der Waals surface area (Å²) >= 11 is 0. The van der Waals surface area contributed by atoms with E-state index < -0.39 is 0 Å². The van der Waals surface area contributed by atoms with Crippen LogP contribution in [0.1, 0.15) is 42.3 Å². The lowest BCUT2D eigenvalue weighted by molar-refractivity contribution is 0.0755. The second kappa shape index (κ2) is 8.87. The summed E-state index contributed by atoms with van der Waals surface area (Å²) in [6.07, 6.45) is 7.91. The molecule has 0 saturated carbocycles. The standard InChI is InChI=1S/C24H31N3O2/c1-3-5-18(4-2)9-15-29-24(28)27-12-8-19-16-23(27)22-17-20(6-7-21(19)22)26-13-10-25-11-14-26/h3-7,17,19,23,25H,1-2,8-16H2/b18-5+. The fraction of sp³-hybridized carbons (Fsp3) is 0.458. The third kappa shape index (κ3) is 4.10. The summed E-state index contributed by atoms with van der Waals surface area (Å²) in [4.78, 5) is 17.2. The highest BCUT2D eigenvalue weighted by Crippen LogP contribution is 2.50. The van der Waals surface area contributed by atoms with Crippen LogP contribution in [-0.4, -0.2) is 50.3 Å². The van der Waals surface area contributed by atoms with E-state index in [-0.39, 0.29) is 12.1 Å². The van der Waals surface area contributed by atoms with E-state index in [2.05, 4.69) is 41.6 Å². The highest BCUT2D eigenvalue weighted by molar-refractivity contribution is 5.70. The molecule has 2 atom stereocenters. The molecule has 1 aromatic carbocycles. The van der Waals surface area contributed by atoms with Gasteiger partial charge in [0, 0.05) is 44.8 Å². The molecule has 5 heteroatoms. The second-order valence-corrected chi connectivity index (χ2v) is 8.03. The van der Waals surface area contributed by atoms with Crippen molar-refractivity contribution in [1.29, 1.82) is 0 Å². The zero-order valence-electron chi connectivity index (χ0n) is 17.1. The molecule has 1 N–H and O–H groups in total. The van der Waals surface area contributed by atoms with Crippen LogP contribution >= 0.6 is 0 Å². The average molecular weight is 394 g/mol. The van der Waals surface area contributed by atoms with Gasteiger partial charge in [0.05, 0.1) is 12.6 Å². The van der Waals surface area contributed by atoms with Crippen molar-refractivity contribution in [2.75, 3.05) is 44.2 Å². The van der Waals surface area contributed by atoms with E-state index in [0.29, 0.717) is 18.9 Å². The zero-order chi connectivity index (χ0) is 20.2. The first-order valence-electron chi connectivity index (χ1n) is 10.7. The van der Waals surface area contributed by atoms with Crippen LogP contribution in [0.15, 0.2) is 55.2 Å². The molecule has 1 amide bonds. The van der Waals surface area contributed by atoms with Gasteiger partial charge in [-0.15, -0.1) is 0 Å². The molecule has 4 rings (SSSR count). The van der Waals surface area contributed by atoms with Crippen LogP contribution in [0, 0.1) is 0 Å². The van der Waals surface area contributed by atoms with Crippen LogP contribution in [0.4, 0.5) is 10.5 Å². The summed E-state index contributed by atoms with van der Waals surface area (Å²) in [5.41, 5.74) is 5.04. The Hall–Kier alpha value is -2.53. The number of likely N-dealkylation sites (tertiary alicyclic amines) is 1. The van der Waals surface area contributed by atoms with Crippen LogP contribution in [0.3, 0.4) is 0 Å². The maximum Gasteiger partial charge on any atom is 0.410 e. The lowest BCUT2D eigenvalue weighted by Gasteiger charge is -2.33. The quantitative estimate of drug-likeness (QED) is 0.738. The van der Waals surface area contributed by atoms with Gasteiger partial charge in [0.15, 0.2) is 0 Å². The molecule has 1 aromatic rings. The van der Waals surface area contributed by atoms with Crippen molar-refractivity contribution in [2.24, 2.45) is 0 Å². The van der Waals surface area contributed by atoms with E-state index in [1.807, 2.05) is 11.0 Å². The van der Waals surface area contributed by atoms with Crippen LogP contribution in [0.5, 0.6) is 0 Å². The average Bonchev–Trinajstić information content (AvgIpc) is 3.05. The molecule has 0 spiro atoms. The van der Waals surface area contributed by atoms with Gasteiger partial charge in [-0.25, -0.2) is 4.79 Å². The summed E-state index contributed by atoms with van der Waals surface area (Å²) in [5, 5.41) is 3.41. The lowest BCUT2D eigenvalue weighted by atomic mass is 9.96. The predicted octanol–water partition coefficient (Wildman–Crippen LogP) is 4.16. The van der Waals surface area contributed by atoms with Crippen molar-refractivity contribution in [3.05, 3.63) is 66.3 Å². The molecule has 1 aliphatic carbocycles. The maximum absolute atomic E-state index is 12.8. The number of fused-ring (bicyclic) bond motifs is 5. The fourth-order valence-corrected chi connectivity index (χ4v) is 4.85. The number of carbonyl (C=O) groups excluding carboxylic acids is 1. The summed E-state index contributed by atoms with van der Waals surface area (Å²) in [6.45, 7) is 12.7. The van der Waals surface area contributed by atoms with Gasteiger partial charge < -0.3 is 19.9 Å². The van der Waals surface area contributed by atoms with Crippen molar-refractivity contribution in [1.82, 2.24) is 10.2 Å². The van der Waals surface area contributed by atoms with Crippen molar-refractivity contribution in [2.45, 2.75) is 31.2 Å². The SMILES string of the molecule is C=C/C=C(\C=C)CCOC(=O)N1CCC2CC1c1cc(N3CCNCC3)ccc12. The molecule has 154 valence electrons. The van der Waals surface area contributed by atoms with Crippen LogP contribution in [-0.2, 0) is 4.74 Å². The van der Waals surface area contributed by atoms with Crippen LogP contribution in [0.25, 0.3) is 0 Å². The van der Waals surface area contributed by atoms with Gasteiger partial charge in [-0.05, 0) is 47.6 Å². The van der Waals surface area contributed by atoms with Crippen molar-refractivity contribution in [3.8, 4) is 0 Å². The molecular weight excluding hydrogens is 362 g/mol. The number of rotatable bonds is 6. The monoisotopic (exact) mass is 393 g/mol. The van der Waals surface area contributed by atoms with E-state index in [9.17, 15) is 4.79 Å². The highest BCUT2D eigenvalue weighted by Gasteiger charge is 2.41. The number of anilines is 1. The molecule has 29 heavy (non-hydrogen) atoms. The van der Waals surface area contributed by atoms with Crippen molar-refractivity contribution < 1.29 is 9.53 Å². The minimum absolute atomic E-state index is 0.140. The number of nitrogens with one attached hydrogen (secondary N) is 1. The molecule has 2 saturated heterocycles. The van der Waals surface area contributed by atoms with Crippen LogP contribution in [0.2, 0.25) is 0 Å². The Balaban J connectivity index is 1.45. The molecule has 2 fully saturated rings. The number of nitrogens with zero attached hydrogens (tertiary/aromatic N) is 2. The number of carbonyl (C=O) groups is 1. The molecule has 2 unspecified atom stereocenters. The summed E-state index contributed by atoms with van der Waals surface area (Å²) in [7, 11) is 0. The number of allylic oxidation sites excluding steroid dienone is 3. The number of hydrogen-bond acceptors (Lipinski definition) is 4. The van der Waals surface area contributed by atoms with Gasteiger partial charge in [0.2, 0.25) is 0 Å². The third-order valence-electron chi connectivity index (χ3n) is 6.40. The van der Waals surface area contributed by atoms with E-state index in [1.165, 1.54) is 16.8 Å². The lowest BCUT2D eigenvalue weighted by Crippen LogP contribution is -2.43. The van der Waals surface area contributed by atoms with Crippen LogP contribution < -0.4 is 10.2 Å². The Morgan fingerprint density at radius 1 is 1.21 bits per heavy atom. The topological polar surface area (TPSA) is 44.8 Å². The van der Waals surface area contributed by atoms with Gasteiger partial charge >= 0.3 is 6.09 Å². The largest absolute Gasteiger partial charge is 0.449 e. The Labute approximate surface area is 173 Å². The van der Waals surface area contributed by atoms with Crippen molar-refractivity contribution in [3.63, 3.8) is 0 Å². The number of benzene rings is 1. The normalized spacial score (nSPS) is 23.5. The minimum atomic E-state index is -0.198. The molecular formula is C24H31N3O2. The summed E-state index contributed by atoms with van der Waals surface area (Å²) in [6, 6.07) is 7.01.